The molecule has 0 aliphatic carbocycles. The molecule has 0 bridgehead atoms. The molecule has 3 aromatic carbocycles. The quantitative estimate of drug-likeness (QED) is 0.497. The fraction of sp³-hybridized carbons (Fsp3) is 0.0833. The summed E-state index contributed by atoms with van der Waals surface area (Å²) in [6.07, 6.45) is 1.67. The third kappa shape index (κ3) is 5.13. The summed E-state index contributed by atoms with van der Waals surface area (Å²) in [6.45, 7) is 0.397. The van der Waals surface area contributed by atoms with E-state index < -0.39 is 0 Å². The molecule has 5 nitrogen and oxygen atoms in total. The van der Waals surface area contributed by atoms with Gasteiger partial charge in [-0.3, -0.25) is 14.5 Å². The number of benzene rings is 3. The van der Waals surface area contributed by atoms with Crippen molar-refractivity contribution in [2.45, 2.75) is 6.61 Å². The van der Waals surface area contributed by atoms with Gasteiger partial charge in [-0.15, -0.1) is 0 Å². The number of amides is 2. The Kier molecular flexibility index (Phi) is 6.33. The Bertz CT molecular complexity index is 1120. The highest BCUT2D eigenvalue weighted by atomic mass is 32.2. The number of nitrogens with one attached hydrogen (secondary N) is 1. The molecule has 1 saturated heterocycles. The van der Waals surface area contributed by atoms with E-state index >= 15 is 0 Å². The topological polar surface area (TPSA) is 58.6 Å². The van der Waals surface area contributed by atoms with E-state index in [2.05, 4.69) is 5.32 Å². The minimum Gasteiger partial charge on any atom is -0.488 e. The van der Waals surface area contributed by atoms with Gasteiger partial charge in [0.25, 0.3) is 11.1 Å². The molecule has 4 rings (SSSR count). The van der Waals surface area contributed by atoms with E-state index in [9.17, 15) is 14.0 Å². The lowest BCUT2D eigenvalue weighted by atomic mass is 10.1. The average Bonchev–Trinajstić information content (AvgIpc) is 3.06. The van der Waals surface area contributed by atoms with E-state index in [0.717, 1.165) is 27.8 Å². The first-order valence-electron chi connectivity index (χ1n) is 9.61. The van der Waals surface area contributed by atoms with Gasteiger partial charge in [-0.1, -0.05) is 48.5 Å². The van der Waals surface area contributed by atoms with Crippen LogP contribution in [-0.4, -0.2) is 22.7 Å². The Morgan fingerprint density at radius 2 is 1.65 bits per heavy atom. The van der Waals surface area contributed by atoms with Gasteiger partial charge in [0, 0.05) is 11.3 Å². The molecule has 1 fully saturated rings. The van der Waals surface area contributed by atoms with E-state index in [-0.39, 0.29) is 23.6 Å². The van der Waals surface area contributed by atoms with Crippen molar-refractivity contribution in [3.8, 4) is 5.75 Å². The van der Waals surface area contributed by atoms with Crippen molar-refractivity contribution >= 4 is 34.7 Å². The first kappa shape index (κ1) is 20.7. The van der Waals surface area contributed by atoms with Crippen LogP contribution in [0, 0.1) is 5.82 Å². The van der Waals surface area contributed by atoms with Crippen molar-refractivity contribution in [1.82, 2.24) is 4.90 Å². The minimum atomic E-state index is -0.387. The molecule has 0 aromatic heterocycles. The molecule has 1 aliphatic heterocycles. The number of anilines is 1. The van der Waals surface area contributed by atoms with Gasteiger partial charge in [0.05, 0.1) is 11.6 Å². The zero-order valence-electron chi connectivity index (χ0n) is 16.5. The largest absolute Gasteiger partial charge is 0.488 e. The summed E-state index contributed by atoms with van der Waals surface area (Å²) in [5.41, 5.74) is 2.36. The van der Waals surface area contributed by atoms with Gasteiger partial charge in [-0.25, -0.2) is 4.39 Å². The van der Waals surface area contributed by atoms with Crippen LogP contribution in [0.25, 0.3) is 6.08 Å². The molecule has 0 radical (unpaired) electrons. The third-order valence-electron chi connectivity index (χ3n) is 4.60. The standard InChI is InChI=1S/C24H19FN2O3S/c25-19-10-12-20(13-11-19)26-16-27-23(28)22(31-24(27)29)14-18-8-4-5-9-21(18)30-15-17-6-2-1-3-7-17/h1-14,26H,15-16H2/b22-14+. The average molecular weight is 434 g/mol. The fourth-order valence-corrected chi connectivity index (χ4v) is 3.81. The first-order valence-corrected chi connectivity index (χ1v) is 10.4. The number of hydrogen-bond acceptors (Lipinski definition) is 5. The van der Waals surface area contributed by atoms with Gasteiger partial charge in [-0.05, 0) is 53.7 Å². The monoisotopic (exact) mass is 434 g/mol. The molecular formula is C24H19FN2O3S. The number of nitrogens with zero attached hydrogens (tertiary/aromatic N) is 1. The van der Waals surface area contributed by atoms with Crippen molar-refractivity contribution in [3.05, 3.63) is 101 Å². The van der Waals surface area contributed by atoms with Crippen LogP contribution in [0.3, 0.4) is 0 Å². The second-order valence-electron chi connectivity index (χ2n) is 6.76. The molecule has 0 atom stereocenters. The Hall–Kier alpha value is -3.58. The van der Waals surface area contributed by atoms with Crippen molar-refractivity contribution in [1.29, 1.82) is 0 Å². The number of carbonyl (C=O) groups excluding carboxylic acids is 2. The minimum absolute atomic E-state index is 0.000205. The molecule has 0 spiro atoms. The van der Waals surface area contributed by atoms with Crippen LogP contribution in [-0.2, 0) is 11.4 Å². The number of hydrogen-bond donors (Lipinski definition) is 1. The molecule has 0 unspecified atom stereocenters. The Labute approximate surface area is 183 Å². The van der Waals surface area contributed by atoms with Crippen LogP contribution in [0.2, 0.25) is 0 Å². The lowest BCUT2D eigenvalue weighted by Crippen LogP contribution is -2.33. The molecular weight excluding hydrogens is 415 g/mol. The normalized spacial score (nSPS) is 14.9. The van der Waals surface area contributed by atoms with Crippen molar-refractivity contribution in [3.63, 3.8) is 0 Å². The molecule has 7 heteroatoms. The predicted octanol–water partition coefficient (Wildman–Crippen LogP) is 5.51. The number of halogens is 1. The highest BCUT2D eigenvalue weighted by molar-refractivity contribution is 8.18. The van der Waals surface area contributed by atoms with Gasteiger partial charge in [-0.2, -0.15) is 0 Å². The summed E-state index contributed by atoms with van der Waals surface area (Å²) in [5, 5.41) is 2.59. The number of imide groups is 1. The molecule has 31 heavy (non-hydrogen) atoms. The van der Waals surface area contributed by atoms with Crippen molar-refractivity contribution in [2.24, 2.45) is 0 Å². The number of rotatable bonds is 7. The molecule has 3 aromatic rings. The number of thioether (sulfide) groups is 1. The van der Waals surface area contributed by atoms with E-state index in [1.807, 2.05) is 54.6 Å². The molecule has 2 amide bonds. The fourth-order valence-electron chi connectivity index (χ4n) is 2.98. The number of para-hydroxylation sites is 1. The molecule has 1 N–H and O–H groups in total. The lowest BCUT2D eigenvalue weighted by molar-refractivity contribution is -0.122. The maximum absolute atomic E-state index is 13.0. The predicted molar refractivity (Wildman–Crippen MR) is 120 cm³/mol. The number of carbonyl (C=O) groups is 2. The Morgan fingerprint density at radius 1 is 0.935 bits per heavy atom. The highest BCUT2D eigenvalue weighted by Crippen LogP contribution is 2.34. The summed E-state index contributed by atoms with van der Waals surface area (Å²) in [6, 6.07) is 22.9. The second kappa shape index (κ2) is 9.49. The second-order valence-corrected chi connectivity index (χ2v) is 7.76. The molecule has 1 heterocycles. The van der Waals surface area contributed by atoms with Crippen LogP contribution in [0.4, 0.5) is 14.9 Å². The van der Waals surface area contributed by atoms with E-state index in [1.54, 1.807) is 18.2 Å². The summed E-state index contributed by atoms with van der Waals surface area (Å²) in [7, 11) is 0. The van der Waals surface area contributed by atoms with Crippen LogP contribution >= 0.6 is 11.8 Å². The summed E-state index contributed by atoms with van der Waals surface area (Å²) < 4.78 is 19.0. The zero-order chi connectivity index (χ0) is 21.6. The van der Waals surface area contributed by atoms with Crippen molar-refractivity contribution in [2.75, 3.05) is 12.0 Å². The van der Waals surface area contributed by atoms with E-state index in [1.165, 1.54) is 12.1 Å². The smallest absolute Gasteiger partial charge is 0.295 e. The van der Waals surface area contributed by atoms with Gasteiger partial charge >= 0.3 is 0 Å². The maximum Gasteiger partial charge on any atom is 0.295 e. The SMILES string of the molecule is O=C1S/C(=C/c2ccccc2OCc2ccccc2)C(=O)N1CNc1ccc(F)cc1. The Morgan fingerprint density at radius 3 is 2.42 bits per heavy atom. The van der Waals surface area contributed by atoms with E-state index in [4.69, 9.17) is 4.74 Å². The van der Waals surface area contributed by atoms with Crippen LogP contribution in [0.1, 0.15) is 11.1 Å². The summed E-state index contributed by atoms with van der Waals surface area (Å²) in [5.74, 6) is -0.113. The van der Waals surface area contributed by atoms with Gasteiger partial charge in [0.2, 0.25) is 0 Å². The van der Waals surface area contributed by atoms with Gasteiger partial charge < -0.3 is 10.1 Å². The number of ether oxygens (including phenoxy) is 1. The lowest BCUT2D eigenvalue weighted by Gasteiger charge is -2.14. The molecule has 156 valence electrons. The highest BCUT2D eigenvalue weighted by Gasteiger charge is 2.35. The van der Waals surface area contributed by atoms with E-state index in [0.29, 0.717) is 22.9 Å². The molecule has 1 aliphatic rings. The van der Waals surface area contributed by atoms with Crippen molar-refractivity contribution < 1.29 is 18.7 Å². The first-order chi connectivity index (χ1) is 15.1. The third-order valence-corrected chi connectivity index (χ3v) is 5.51. The van der Waals surface area contributed by atoms with Gasteiger partial charge in [0.1, 0.15) is 18.2 Å². The van der Waals surface area contributed by atoms with Crippen LogP contribution in [0.5, 0.6) is 5.75 Å². The summed E-state index contributed by atoms with van der Waals surface area (Å²) in [4.78, 5) is 26.6. The van der Waals surface area contributed by atoms with Crippen LogP contribution in [0.15, 0.2) is 83.8 Å². The van der Waals surface area contributed by atoms with Crippen LogP contribution < -0.4 is 10.1 Å². The van der Waals surface area contributed by atoms with Gasteiger partial charge in [0.15, 0.2) is 0 Å². The summed E-state index contributed by atoms with van der Waals surface area (Å²) >= 11 is 0.880. The molecule has 0 saturated carbocycles. The zero-order valence-corrected chi connectivity index (χ0v) is 17.3. The Balaban J connectivity index is 1.45. The maximum atomic E-state index is 13.0.